The highest BCUT2D eigenvalue weighted by molar-refractivity contribution is 5.89. The van der Waals surface area contributed by atoms with Crippen LogP contribution in [0.3, 0.4) is 0 Å². The summed E-state index contributed by atoms with van der Waals surface area (Å²) >= 11 is 0. The Morgan fingerprint density at radius 3 is 2.31 bits per heavy atom. The Bertz CT molecular complexity index is 821. The number of rotatable bonds is 7. The molecule has 1 aliphatic rings. The first-order valence-corrected chi connectivity index (χ1v) is 9.41. The maximum Gasteiger partial charge on any atom is 0.328 e. The minimum absolute atomic E-state index is 0.489. The zero-order valence-electron chi connectivity index (χ0n) is 16.7. The molecule has 0 radical (unpaired) electrons. The van der Waals surface area contributed by atoms with E-state index in [2.05, 4.69) is 65.3 Å². The van der Waals surface area contributed by atoms with Gasteiger partial charge in [0.05, 0.1) is 6.04 Å². The van der Waals surface area contributed by atoms with Crippen LogP contribution in [-0.4, -0.2) is 52.7 Å². The summed E-state index contributed by atoms with van der Waals surface area (Å²) in [6, 6.07) is 13.6. The average molecular weight is 397 g/mol. The van der Waals surface area contributed by atoms with Gasteiger partial charge in [-0.15, -0.1) is 0 Å². The summed E-state index contributed by atoms with van der Waals surface area (Å²) in [5, 5.41) is 15.6. The van der Waals surface area contributed by atoms with Crippen molar-refractivity contribution in [2.45, 2.75) is 25.4 Å². The number of benzene rings is 1. The second kappa shape index (κ2) is 11.0. The highest BCUT2D eigenvalue weighted by Crippen LogP contribution is 2.39. The van der Waals surface area contributed by atoms with Crippen molar-refractivity contribution in [1.82, 2.24) is 9.88 Å². The molecule has 1 aliphatic heterocycles. The summed E-state index contributed by atoms with van der Waals surface area (Å²) in [5.74, 6) is -2.51. The number of fused-ring (bicyclic) bond motifs is 1. The first kappa shape index (κ1) is 22.1. The lowest BCUT2D eigenvalue weighted by molar-refractivity contribution is -0.134. The quantitative estimate of drug-likeness (QED) is 0.693. The number of pyridine rings is 1. The van der Waals surface area contributed by atoms with Crippen LogP contribution < -0.4 is 4.90 Å². The molecule has 0 bridgehead atoms. The highest BCUT2D eigenvalue weighted by Gasteiger charge is 2.29. The summed E-state index contributed by atoms with van der Waals surface area (Å²) in [4.78, 5) is 28.0. The predicted octanol–water partition coefficient (Wildman–Crippen LogP) is 3.20. The smallest absolute Gasteiger partial charge is 0.328 e. The summed E-state index contributed by atoms with van der Waals surface area (Å²) in [6.07, 6.45) is 7.29. The SMILES string of the molecule is CN(C)CCCC1c2ccccc2CN1c1ccncc1.O=C(O)C=CC(=O)O. The molecule has 2 N–H and O–H groups in total. The molecule has 1 aromatic heterocycles. The number of carbonyl (C=O) groups is 2. The van der Waals surface area contributed by atoms with Gasteiger partial charge in [-0.05, 0) is 56.7 Å². The molecule has 0 aliphatic carbocycles. The number of carboxylic acids is 2. The summed E-state index contributed by atoms with van der Waals surface area (Å²) in [7, 11) is 4.28. The van der Waals surface area contributed by atoms with Crippen LogP contribution >= 0.6 is 0 Å². The lowest BCUT2D eigenvalue weighted by Gasteiger charge is -2.27. The van der Waals surface area contributed by atoms with Gasteiger partial charge in [-0.1, -0.05) is 24.3 Å². The third-order valence-electron chi connectivity index (χ3n) is 4.58. The van der Waals surface area contributed by atoms with E-state index in [1.807, 2.05) is 12.4 Å². The van der Waals surface area contributed by atoms with Crippen molar-refractivity contribution in [2.24, 2.45) is 0 Å². The van der Waals surface area contributed by atoms with E-state index in [1.54, 1.807) is 0 Å². The van der Waals surface area contributed by atoms with Gasteiger partial charge in [0, 0.05) is 36.8 Å². The molecule has 1 unspecified atom stereocenters. The van der Waals surface area contributed by atoms with E-state index in [0.29, 0.717) is 18.2 Å². The van der Waals surface area contributed by atoms with E-state index < -0.39 is 11.9 Å². The number of aromatic nitrogens is 1. The van der Waals surface area contributed by atoms with Crippen LogP contribution in [0, 0.1) is 0 Å². The lowest BCUT2D eigenvalue weighted by Crippen LogP contribution is -2.23. The predicted molar refractivity (Wildman–Crippen MR) is 112 cm³/mol. The molecule has 0 spiro atoms. The van der Waals surface area contributed by atoms with Crippen LogP contribution in [0.2, 0.25) is 0 Å². The average Bonchev–Trinajstić information content (AvgIpc) is 3.06. The molecule has 2 aromatic rings. The standard InChI is InChI=1S/C18H23N3.C4H4O4/c1-20(2)13-5-8-18-17-7-4-3-6-15(17)14-21(18)16-9-11-19-12-10-16;5-3(6)1-2-4(7)8/h3-4,6-7,9-12,18H,5,8,13-14H2,1-2H3;1-2H,(H,5,6)(H,7,8). The second-order valence-electron chi connectivity index (χ2n) is 7.00. The molecule has 2 heterocycles. The van der Waals surface area contributed by atoms with Crippen molar-refractivity contribution in [2.75, 3.05) is 25.5 Å². The number of anilines is 1. The molecule has 1 atom stereocenters. The minimum atomic E-state index is -1.26. The fourth-order valence-electron chi connectivity index (χ4n) is 3.33. The second-order valence-corrected chi connectivity index (χ2v) is 7.00. The van der Waals surface area contributed by atoms with E-state index in [-0.39, 0.29) is 0 Å². The van der Waals surface area contributed by atoms with Crippen LogP contribution in [0.5, 0.6) is 0 Å². The zero-order valence-corrected chi connectivity index (χ0v) is 16.7. The Kier molecular flexibility index (Phi) is 8.36. The van der Waals surface area contributed by atoms with E-state index in [4.69, 9.17) is 10.2 Å². The highest BCUT2D eigenvalue weighted by atomic mass is 16.4. The van der Waals surface area contributed by atoms with Crippen LogP contribution in [-0.2, 0) is 16.1 Å². The molecule has 154 valence electrons. The number of hydrogen-bond donors (Lipinski definition) is 2. The normalized spacial score (nSPS) is 15.1. The van der Waals surface area contributed by atoms with Gasteiger partial charge in [0.1, 0.15) is 0 Å². The molecular formula is C22H27N3O4. The van der Waals surface area contributed by atoms with Crippen LogP contribution in [0.15, 0.2) is 60.9 Å². The molecule has 0 fully saturated rings. The van der Waals surface area contributed by atoms with Crippen molar-refractivity contribution in [1.29, 1.82) is 0 Å². The fraction of sp³-hybridized carbons (Fsp3) is 0.318. The van der Waals surface area contributed by atoms with E-state index in [0.717, 1.165) is 13.1 Å². The molecule has 0 amide bonds. The van der Waals surface area contributed by atoms with Crippen LogP contribution in [0.25, 0.3) is 0 Å². The number of carboxylic acid groups (broad SMARTS) is 2. The third-order valence-corrected chi connectivity index (χ3v) is 4.58. The number of aliphatic carboxylic acids is 2. The third kappa shape index (κ3) is 7.04. The Morgan fingerprint density at radius 2 is 1.72 bits per heavy atom. The van der Waals surface area contributed by atoms with Crippen molar-refractivity contribution < 1.29 is 19.8 Å². The summed E-state index contributed by atoms with van der Waals surface area (Å²) in [5.41, 5.74) is 4.23. The van der Waals surface area contributed by atoms with Crippen molar-refractivity contribution in [3.05, 3.63) is 72.1 Å². The summed E-state index contributed by atoms with van der Waals surface area (Å²) < 4.78 is 0. The monoisotopic (exact) mass is 397 g/mol. The largest absolute Gasteiger partial charge is 0.478 e. The Balaban J connectivity index is 0.000000321. The molecular weight excluding hydrogens is 370 g/mol. The Morgan fingerprint density at radius 1 is 1.10 bits per heavy atom. The molecule has 0 saturated carbocycles. The maximum absolute atomic E-state index is 9.55. The van der Waals surface area contributed by atoms with Gasteiger partial charge in [-0.25, -0.2) is 9.59 Å². The first-order valence-electron chi connectivity index (χ1n) is 9.41. The molecule has 0 saturated heterocycles. The van der Waals surface area contributed by atoms with Crippen LogP contribution in [0.1, 0.15) is 30.0 Å². The van der Waals surface area contributed by atoms with Gasteiger partial charge >= 0.3 is 11.9 Å². The van der Waals surface area contributed by atoms with Gasteiger partial charge < -0.3 is 20.0 Å². The number of nitrogens with zero attached hydrogens (tertiary/aromatic N) is 3. The molecule has 29 heavy (non-hydrogen) atoms. The van der Waals surface area contributed by atoms with Crippen molar-refractivity contribution in [3.63, 3.8) is 0 Å². The van der Waals surface area contributed by atoms with Gasteiger partial charge in [0.25, 0.3) is 0 Å². The minimum Gasteiger partial charge on any atom is -0.478 e. The first-order chi connectivity index (χ1) is 13.9. The van der Waals surface area contributed by atoms with E-state index >= 15 is 0 Å². The Hall–Kier alpha value is -3.19. The maximum atomic E-state index is 9.55. The lowest BCUT2D eigenvalue weighted by atomic mass is 10.0. The van der Waals surface area contributed by atoms with E-state index in [1.165, 1.54) is 29.7 Å². The Labute approximate surface area is 170 Å². The van der Waals surface area contributed by atoms with Gasteiger partial charge in [0.15, 0.2) is 0 Å². The zero-order chi connectivity index (χ0) is 21.2. The van der Waals surface area contributed by atoms with Gasteiger partial charge in [0.2, 0.25) is 0 Å². The van der Waals surface area contributed by atoms with Gasteiger partial charge in [-0.3, -0.25) is 4.98 Å². The fourth-order valence-corrected chi connectivity index (χ4v) is 3.33. The molecule has 1 aromatic carbocycles. The van der Waals surface area contributed by atoms with E-state index in [9.17, 15) is 9.59 Å². The molecule has 7 heteroatoms. The van der Waals surface area contributed by atoms with Crippen LogP contribution in [0.4, 0.5) is 5.69 Å². The van der Waals surface area contributed by atoms with Gasteiger partial charge in [-0.2, -0.15) is 0 Å². The molecule has 3 rings (SSSR count). The van der Waals surface area contributed by atoms with Crippen molar-refractivity contribution in [3.8, 4) is 0 Å². The number of hydrogen-bond acceptors (Lipinski definition) is 5. The summed E-state index contributed by atoms with van der Waals surface area (Å²) in [6.45, 7) is 2.15. The topological polar surface area (TPSA) is 94.0 Å². The van der Waals surface area contributed by atoms with Crippen molar-refractivity contribution >= 4 is 17.6 Å². The molecule has 7 nitrogen and oxygen atoms in total.